The third-order valence-electron chi connectivity index (χ3n) is 6.25. The van der Waals surface area contributed by atoms with E-state index < -0.39 is 11.5 Å². The Morgan fingerprint density at radius 1 is 0.500 bits per heavy atom. The van der Waals surface area contributed by atoms with Crippen LogP contribution < -0.4 is 5.32 Å². The van der Waals surface area contributed by atoms with E-state index >= 15 is 0 Å². The highest BCUT2D eigenvalue weighted by molar-refractivity contribution is 5.86. The SMILES string of the molecule is [2H]c1c([2H])c([2H])c(Nc2ccc(C3(c4ccccc4)c4ccccc4-c4ccccc43)cc2)c([2H])c1[2H]. The zero-order valence-corrected chi connectivity index (χ0v) is 17.3. The Bertz CT molecular complexity index is 1570. The van der Waals surface area contributed by atoms with Gasteiger partial charge in [0.15, 0.2) is 0 Å². The molecule has 0 spiro atoms. The summed E-state index contributed by atoms with van der Waals surface area (Å²) in [5.41, 5.74) is 7.30. The van der Waals surface area contributed by atoms with Crippen LogP contribution in [0.15, 0.2) is 133 Å². The quantitative estimate of drug-likeness (QED) is 0.310. The van der Waals surface area contributed by atoms with E-state index in [0.29, 0.717) is 5.69 Å². The van der Waals surface area contributed by atoms with E-state index in [2.05, 4.69) is 90.2 Å². The van der Waals surface area contributed by atoms with E-state index in [9.17, 15) is 0 Å². The van der Waals surface area contributed by atoms with Crippen LogP contribution in [-0.2, 0) is 5.41 Å². The van der Waals surface area contributed by atoms with Crippen LogP contribution in [-0.4, -0.2) is 0 Å². The van der Waals surface area contributed by atoms with Crippen LogP contribution in [0.2, 0.25) is 0 Å². The molecule has 5 aromatic carbocycles. The van der Waals surface area contributed by atoms with E-state index in [0.717, 1.165) is 5.56 Å². The van der Waals surface area contributed by atoms with E-state index in [1.807, 2.05) is 18.2 Å². The monoisotopic (exact) mass is 414 g/mol. The third-order valence-corrected chi connectivity index (χ3v) is 6.25. The maximum atomic E-state index is 8.23. The van der Waals surface area contributed by atoms with Gasteiger partial charge in [0.05, 0.1) is 12.3 Å². The van der Waals surface area contributed by atoms with Gasteiger partial charge in [-0.2, -0.15) is 0 Å². The van der Waals surface area contributed by atoms with Crippen LogP contribution in [0.3, 0.4) is 0 Å². The first-order chi connectivity index (χ1) is 17.9. The summed E-state index contributed by atoms with van der Waals surface area (Å²) in [6.07, 6.45) is 0. The smallest absolute Gasteiger partial charge is 0.0713 e. The van der Waals surface area contributed by atoms with Crippen LogP contribution in [0.5, 0.6) is 0 Å². The number of rotatable bonds is 4. The lowest BCUT2D eigenvalue weighted by atomic mass is 9.68. The van der Waals surface area contributed by atoms with Crippen molar-refractivity contribution in [3.8, 4) is 11.1 Å². The molecule has 0 aliphatic heterocycles. The molecule has 0 bridgehead atoms. The molecular weight excluding hydrogens is 386 g/mol. The second kappa shape index (κ2) is 7.55. The largest absolute Gasteiger partial charge is 0.356 e. The van der Waals surface area contributed by atoms with Crippen molar-refractivity contribution in [2.45, 2.75) is 5.41 Å². The zero-order valence-electron chi connectivity index (χ0n) is 22.3. The molecular formula is C31H23N. The third kappa shape index (κ3) is 2.79. The van der Waals surface area contributed by atoms with E-state index in [1.165, 1.54) is 27.8 Å². The molecule has 1 heteroatoms. The molecule has 0 radical (unpaired) electrons. The summed E-state index contributed by atoms with van der Waals surface area (Å²) in [7, 11) is 0. The summed E-state index contributed by atoms with van der Waals surface area (Å²) in [5, 5.41) is 3.06. The van der Waals surface area contributed by atoms with Crippen molar-refractivity contribution in [3.63, 3.8) is 0 Å². The Labute approximate surface area is 196 Å². The Kier molecular flexibility index (Phi) is 3.31. The average molecular weight is 415 g/mol. The van der Waals surface area contributed by atoms with Crippen molar-refractivity contribution >= 4 is 11.4 Å². The Morgan fingerprint density at radius 3 is 1.66 bits per heavy atom. The van der Waals surface area contributed by atoms with Gasteiger partial charge in [-0.15, -0.1) is 0 Å². The number of anilines is 2. The van der Waals surface area contributed by atoms with E-state index in [1.54, 1.807) is 0 Å². The van der Waals surface area contributed by atoms with Crippen molar-refractivity contribution < 1.29 is 6.85 Å². The maximum absolute atomic E-state index is 8.23. The molecule has 1 nitrogen and oxygen atoms in total. The summed E-state index contributed by atoms with van der Waals surface area (Å²) in [6.45, 7) is 0. The molecule has 0 unspecified atom stereocenters. The van der Waals surface area contributed by atoms with Crippen molar-refractivity contribution in [2.75, 3.05) is 5.32 Å². The molecule has 6 rings (SSSR count). The van der Waals surface area contributed by atoms with Crippen molar-refractivity contribution in [2.24, 2.45) is 0 Å². The highest BCUT2D eigenvalue weighted by Gasteiger charge is 2.45. The summed E-state index contributed by atoms with van der Waals surface area (Å²) in [5.74, 6) is 0. The molecule has 5 aromatic rings. The summed E-state index contributed by atoms with van der Waals surface area (Å²) in [6, 6.07) is 33.8. The van der Waals surface area contributed by atoms with Crippen LogP contribution in [0.1, 0.15) is 29.1 Å². The van der Waals surface area contributed by atoms with Gasteiger partial charge in [0.25, 0.3) is 0 Å². The number of nitrogens with one attached hydrogen (secondary N) is 1. The molecule has 152 valence electrons. The number of hydrogen-bond donors (Lipinski definition) is 1. The molecule has 0 fully saturated rings. The predicted octanol–water partition coefficient (Wildman–Crippen LogP) is 7.79. The molecule has 0 heterocycles. The average Bonchev–Trinajstić information content (AvgIpc) is 3.25. The first-order valence-corrected chi connectivity index (χ1v) is 10.6. The highest BCUT2D eigenvalue weighted by atomic mass is 14.9. The minimum absolute atomic E-state index is 0.0630. The van der Waals surface area contributed by atoms with Crippen LogP contribution >= 0.6 is 0 Å². The molecule has 0 saturated heterocycles. The van der Waals surface area contributed by atoms with Gasteiger partial charge in [-0.3, -0.25) is 0 Å². The maximum Gasteiger partial charge on any atom is 0.0713 e. The van der Waals surface area contributed by atoms with Crippen LogP contribution in [0.25, 0.3) is 11.1 Å². The molecule has 0 aromatic heterocycles. The number of fused-ring (bicyclic) bond motifs is 3. The van der Waals surface area contributed by atoms with Gasteiger partial charge in [0.1, 0.15) is 0 Å². The van der Waals surface area contributed by atoms with E-state index in [4.69, 9.17) is 6.85 Å². The number of hydrogen-bond acceptors (Lipinski definition) is 1. The fourth-order valence-electron chi connectivity index (χ4n) is 4.97. The zero-order chi connectivity index (χ0) is 25.7. The first-order valence-electron chi connectivity index (χ1n) is 13.1. The fraction of sp³-hybridized carbons (Fsp3) is 0.0323. The number of para-hydroxylation sites is 1. The lowest BCUT2D eigenvalue weighted by Gasteiger charge is -2.34. The molecule has 1 aliphatic carbocycles. The standard InChI is InChI=1S/C31H23N/c1-3-11-23(12-4-1)31(24-19-21-26(22-20-24)32-25-13-5-2-6-14-25)29-17-9-7-15-27(29)28-16-8-10-18-30(28)31/h1-22,32H/i2D,5D,6D,13D,14D. The molecule has 0 amide bonds. The van der Waals surface area contributed by atoms with Gasteiger partial charge in [0.2, 0.25) is 0 Å². The number of benzene rings is 5. The van der Waals surface area contributed by atoms with Gasteiger partial charge in [-0.25, -0.2) is 0 Å². The van der Waals surface area contributed by atoms with Gasteiger partial charge in [-0.05, 0) is 57.6 Å². The van der Waals surface area contributed by atoms with Gasteiger partial charge in [-0.1, -0.05) is 109 Å². The van der Waals surface area contributed by atoms with Crippen LogP contribution in [0, 0.1) is 0 Å². The Morgan fingerprint density at radius 2 is 1.03 bits per heavy atom. The minimum Gasteiger partial charge on any atom is -0.356 e. The predicted molar refractivity (Wildman–Crippen MR) is 133 cm³/mol. The van der Waals surface area contributed by atoms with E-state index in [-0.39, 0.29) is 29.9 Å². The Hall–Kier alpha value is -4.10. The van der Waals surface area contributed by atoms with Gasteiger partial charge >= 0.3 is 0 Å². The summed E-state index contributed by atoms with van der Waals surface area (Å²) in [4.78, 5) is 0. The first kappa shape index (κ1) is 14.1. The summed E-state index contributed by atoms with van der Waals surface area (Å²) < 4.78 is 40.2. The highest BCUT2D eigenvalue weighted by Crippen LogP contribution is 2.55. The Balaban J connectivity index is 1.52. The molecule has 1 aliphatic rings. The topological polar surface area (TPSA) is 12.0 Å². The lowest BCUT2D eigenvalue weighted by Crippen LogP contribution is -2.28. The minimum atomic E-state index is -0.510. The lowest BCUT2D eigenvalue weighted by molar-refractivity contribution is 0.768. The second-order valence-electron chi connectivity index (χ2n) is 7.91. The molecule has 0 saturated carbocycles. The molecule has 32 heavy (non-hydrogen) atoms. The summed E-state index contributed by atoms with van der Waals surface area (Å²) >= 11 is 0. The normalized spacial score (nSPS) is 15.4. The molecule has 1 N–H and O–H groups in total. The molecule has 0 atom stereocenters. The van der Waals surface area contributed by atoms with Gasteiger partial charge in [0, 0.05) is 11.4 Å². The van der Waals surface area contributed by atoms with Crippen LogP contribution in [0.4, 0.5) is 11.4 Å². The van der Waals surface area contributed by atoms with Crippen molar-refractivity contribution in [3.05, 3.63) is 156 Å². The van der Waals surface area contributed by atoms with Crippen molar-refractivity contribution in [1.29, 1.82) is 0 Å². The van der Waals surface area contributed by atoms with Crippen molar-refractivity contribution in [1.82, 2.24) is 0 Å². The second-order valence-corrected chi connectivity index (χ2v) is 7.91. The fourth-order valence-corrected chi connectivity index (χ4v) is 4.97. The van der Waals surface area contributed by atoms with Gasteiger partial charge < -0.3 is 5.32 Å².